The van der Waals surface area contributed by atoms with Crippen molar-refractivity contribution < 1.29 is 8.96 Å². The van der Waals surface area contributed by atoms with Crippen molar-refractivity contribution in [3.05, 3.63) is 114 Å². The highest BCUT2D eigenvalue weighted by molar-refractivity contribution is 6.08. The molecular weight excluding hydrogens is 347 g/mol. The van der Waals surface area contributed by atoms with Crippen LogP contribution < -0.4 is 4.57 Å². The van der Waals surface area contributed by atoms with Crippen molar-refractivity contribution in [3.63, 3.8) is 0 Å². The second kappa shape index (κ2) is 6.93. The van der Waals surface area contributed by atoms with E-state index in [2.05, 4.69) is 82.2 Å². The fraction of sp³-hybridized carbons (Fsp3) is 0.0800. The van der Waals surface area contributed by atoms with Gasteiger partial charge in [0.2, 0.25) is 0 Å². The van der Waals surface area contributed by atoms with Crippen LogP contribution in [-0.4, -0.2) is 4.57 Å². The Hall–Kier alpha value is -3.46. The first-order valence-electron chi connectivity index (χ1n) is 9.46. The maximum atomic E-state index is 13.1. The molecule has 2 nitrogen and oxygen atoms in total. The first-order valence-corrected chi connectivity index (χ1v) is 9.46. The average molecular weight is 367 g/mol. The Balaban J connectivity index is 1.45. The SMILES string of the molecule is Fc1ccc(C[n+]2ccc(Cn3c4ccccc4c4ccccc43)cc2)cc1. The zero-order chi connectivity index (χ0) is 18.9. The smallest absolute Gasteiger partial charge is 0.173 e. The third kappa shape index (κ3) is 3.05. The molecule has 0 amide bonds. The monoisotopic (exact) mass is 367 g/mol. The summed E-state index contributed by atoms with van der Waals surface area (Å²) in [7, 11) is 0. The van der Waals surface area contributed by atoms with Crippen LogP contribution in [0, 0.1) is 5.82 Å². The van der Waals surface area contributed by atoms with Gasteiger partial charge in [-0.25, -0.2) is 8.96 Å². The van der Waals surface area contributed by atoms with E-state index >= 15 is 0 Å². The van der Waals surface area contributed by atoms with Gasteiger partial charge in [0.25, 0.3) is 0 Å². The van der Waals surface area contributed by atoms with Gasteiger partial charge in [-0.2, -0.15) is 0 Å². The number of nitrogens with zero attached hydrogens (tertiary/aromatic N) is 2. The second-order valence-corrected chi connectivity index (χ2v) is 7.13. The Morgan fingerprint density at radius 2 is 1.21 bits per heavy atom. The number of rotatable bonds is 4. The van der Waals surface area contributed by atoms with Gasteiger partial charge in [-0.3, -0.25) is 0 Å². The third-order valence-corrected chi connectivity index (χ3v) is 5.26. The summed E-state index contributed by atoms with van der Waals surface area (Å²) in [6.45, 7) is 1.56. The maximum Gasteiger partial charge on any atom is 0.173 e. The van der Waals surface area contributed by atoms with E-state index < -0.39 is 0 Å². The van der Waals surface area contributed by atoms with Gasteiger partial charge in [0, 0.05) is 46.0 Å². The predicted molar refractivity (Wildman–Crippen MR) is 111 cm³/mol. The van der Waals surface area contributed by atoms with Gasteiger partial charge in [0.15, 0.2) is 18.9 Å². The van der Waals surface area contributed by atoms with Crippen molar-refractivity contribution in [2.45, 2.75) is 13.1 Å². The first-order chi connectivity index (χ1) is 13.8. The lowest BCUT2D eigenvalue weighted by atomic mass is 10.2. The minimum absolute atomic E-state index is 0.199. The Morgan fingerprint density at radius 3 is 1.82 bits per heavy atom. The predicted octanol–water partition coefficient (Wildman–Crippen LogP) is 5.32. The van der Waals surface area contributed by atoms with Gasteiger partial charge < -0.3 is 4.57 Å². The van der Waals surface area contributed by atoms with Crippen LogP contribution in [0.5, 0.6) is 0 Å². The van der Waals surface area contributed by atoms with Crippen LogP contribution in [0.25, 0.3) is 21.8 Å². The molecule has 0 aliphatic rings. The summed E-state index contributed by atoms with van der Waals surface area (Å²) >= 11 is 0. The van der Waals surface area contributed by atoms with E-state index in [1.165, 1.54) is 39.5 Å². The summed E-state index contributed by atoms with van der Waals surface area (Å²) in [6.07, 6.45) is 4.18. The second-order valence-electron chi connectivity index (χ2n) is 7.13. The highest BCUT2D eigenvalue weighted by Gasteiger charge is 2.11. The van der Waals surface area contributed by atoms with E-state index in [0.29, 0.717) is 0 Å². The van der Waals surface area contributed by atoms with Crippen LogP contribution in [0.1, 0.15) is 11.1 Å². The van der Waals surface area contributed by atoms with E-state index in [-0.39, 0.29) is 5.82 Å². The van der Waals surface area contributed by atoms with Crippen molar-refractivity contribution in [3.8, 4) is 0 Å². The van der Waals surface area contributed by atoms with Crippen molar-refractivity contribution in [2.75, 3.05) is 0 Å². The molecule has 0 atom stereocenters. The molecule has 0 fully saturated rings. The largest absolute Gasteiger partial charge is 0.336 e. The molecule has 0 unspecified atom stereocenters. The molecule has 2 aromatic heterocycles. The van der Waals surface area contributed by atoms with E-state index in [4.69, 9.17) is 0 Å². The Labute approximate surface area is 163 Å². The lowest BCUT2D eigenvalue weighted by molar-refractivity contribution is -0.688. The van der Waals surface area contributed by atoms with Crippen molar-refractivity contribution in [2.24, 2.45) is 0 Å². The van der Waals surface area contributed by atoms with Crippen LogP contribution in [-0.2, 0) is 13.1 Å². The van der Waals surface area contributed by atoms with Crippen molar-refractivity contribution in [1.29, 1.82) is 0 Å². The number of halogens is 1. The number of fused-ring (bicyclic) bond motifs is 3. The molecule has 3 aromatic carbocycles. The molecular formula is C25H20FN2+. The van der Waals surface area contributed by atoms with Crippen molar-refractivity contribution >= 4 is 21.8 Å². The van der Waals surface area contributed by atoms with E-state index in [0.717, 1.165) is 18.7 Å². The molecule has 0 saturated carbocycles. The zero-order valence-corrected chi connectivity index (χ0v) is 15.4. The van der Waals surface area contributed by atoms with Gasteiger partial charge in [0.1, 0.15) is 5.82 Å². The molecule has 0 saturated heterocycles. The molecule has 0 radical (unpaired) electrons. The molecule has 0 aliphatic heterocycles. The Kier molecular flexibility index (Phi) is 4.13. The molecule has 5 aromatic rings. The van der Waals surface area contributed by atoms with E-state index in [9.17, 15) is 4.39 Å². The number of hydrogen-bond donors (Lipinski definition) is 0. The number of benzene rings is 3. The van der Waals surface area contributed by atoms with Gasteiger partial charge in [-0.15, -0.1) is 0 Å². The van der Waals surface area contributed by atoms with Gasteiger partial charge in [0.05, 0.1) is 0 Å². The third-order valence-electron chi connectivity index (χ3n) is 5.26. The number of para-hydroxylation sites is 2. The lowest BCUT2D eigenvalue weighted by Crippen LogP contribution is -2.33. The van der Waals surface area contributed by atoms with Crippen LogP contribution in [0.3, 0.4) is 0 Å². The summed E-state index contributed by atoms with van der Waals surface area (Å²) in [4.78, 5) is 0. The van der Waals surface area contributed by atoms with E-state index in [1.807, 2.05) is 12.1 Å². The molecule has 0 bridgehead atoms. The highest BCUT2D eigenvalue weighted by Crippen LogP contribution is 2.29. The summed E-state index contributed by atoms with van der Waals surface area (Å²) in [5.74, 6) is -0.199. The topological polar surface area (TPSA) is 8.81 Å². The van der Waals surface area contributed by atoms with Gasteiger partial charge in [-0.05, 0) is 42.0 Å². The van der Waals surface area contributed by atoms with Crippen LogP contribution in [0.4, 0.5) is 4.39 Å². The summed E-state index contributed by atoms with van der Waals surface area (Å²) in [5, 5.41) is 2.58. The molecule has 0 aliphatic carbocycles. The minimum Gasteiger partial charge on any atom is -0.336 e. The molecule has 0 N–H and O–H groups in total. The molecule has 136 valence electrons. The molecule has 28 heavy (non-hydrogen) atoms. The molecule has 0 spiro atoms. The fourth-order valence-corrected chi connectivity index (χ4v) is 3.86. The normalized spacial score (nSPS) is 11.3. The number of pyridine rings is 1. The minimum atomic E-state index is -0.199. The summed E-state index contributed by atoms with van der Waals surface area (Å²) < 4.78 is 17.6. The van der Waals surface area contributed by atoms with Crippen LogP contribution in [0.2, 0.25) is 0 Å². The zero-order valence-electron chi connectivity index (χ0n) is 15.4. The van der Waals surface area contributed by atoms with Crippen LogP contribution >= 0.6 is 0 Å². The highest BCUT2D eigenvalue weighted by atomic mass is 19.1. The van der Waals surface area contributed by atoms with Crippen molar-refractivity contribution in [1.82, 2.24) is 4.57 Å². The quantitative estimate of drug-likeness (QED) is 0.380. The summed E-state index contributed by atoms with van der Waals surface area (Å²) in [6, 6.07) is 28.1. The van der Waals surface area contributed by atoms with E-state index in [1.54, 1.807) is 0 Å². The summed E-state index contributed by atoms with van der Waals surface area (Å²) in [5.41, 5.74) is 4.85. The standard InChI is InChI=1S/C25H20FN2/c26-21-11-9-19(10-12-21)17-27-15-13-20(14-16-27)18-28-24-7-3-1-5-22(24)23-6-2-4-8-25(23)28/h1-16H,17-18H2/q+1. The van der Waals surface area contributed by atoms with Gasteiger partial charge in [-0.1, -0.05) is 36.4 Å². The molecule has 5 rings (SSSR count). The average Bonchev–Trinajstić information content (AvgIpc) is 3.05. The lowest BCUT2D eigenvalue weighted by Gasteiger charge is -2.07. The molecule has 2 heterocycles. The van der Waals surface area contributed by atoms with Gasteiger partial charge >= 0.3 is 0 Å². The number of aromatic nitrogens is 2. The Bertz CT molecular complexity index is 1200. The van der Waals surface area contributed by atoms with Crippen LogP contribution in [0.15, 0.2) is 97.3 Å². The maximum absolute atomic E-state index is 13.1. The number of hydrogen-bond acceptors (Lipinski definition) is 0. The first kappa shape index (κ1) is 16.7. The molecule has 3 heteroatoms. The Morgan fingerprint density at radius 1 is 0.643 bits per heavy atom. The fourth-order valence-electron chi connectivity index (χ4n) is 3.86.